The van der Waals surface area contributed by atoms with Crippen molar-refractivity contribution < 1.29 is 18.4 Å². The van der Waals surface area contributed by atoms with Crippen LogP contribution in [0.5, 0.6) is 0 Å². The molecule has 1 aliphatic carbocycles. The Labute approximate surface area is 250 Å². The van der Waals surface area contributed by atoms with Crippen LogP contribution < -0.4 is 27.4 Å². The number of hydrogen-bond donors (Lipinski definition) is 5. The monoisotopic (exact) mass is 596 g/mol. The smallest absolute Gasteiger partial charge is 0.227 e. The van der Waals surface area contributed by atoms with E-state index in [1.165, 1.54) is 0 Å². The van der Waals surface area contributed by atoms with Crippen molar-refractivity contribution in [3.63, 3.8) is 0 Å². The Morgan fingerprint density at radius 3 is 2.36 bits per heavy atom. The number of nitrogens with zero attached hydrogens (tertiary/aromatic N) is 3. The summed E-state index contributed by atoms with van der Waals surface area (Å²) in [5, 5.41) is 9.65. The van der Waals surface area contributed by atoms with Gasteiger partial charge in [0, 0.05) is 57.3 Å². The molecule has 0 radical (unpaired) electrons. The van der Waals surface area contributed by atoms with E-state index >= 15 is 4.39 Å². The average molecular weight is 597 g/mol. The number of likely N-dealkylation sites (N-methyl/N-ethyl adjacent to an activating group) is 1. The zero-order valence-corrected chi connectivity index (χ0v) is 25.6. The third-order valence-corrected chi connectivity index (χ3v) is 11.2. The number of hydrogen-bond acceptors (Lipinski definition) is 8. The third-order valence-electron chi connectivity index (χ3n) is 11.2. The molecule has 240 valence electrons. The Bertz CT molecular complexity index is 929. The van der Waals surface area contributed by atoms with Crippen molar-refractivity contribution in [3.05, 3.63) is 0 Å². The van der Waals surface area contributed by atoms with Crippen molar-refractivity contribution >= 4 is 11.8 Å². The first-order valence-electron chi connectivity index (χ1n) is 16.4. The Hall–Kier alpha value is -1.44. The molecule has 5 fully saturated rings. The quantitative estimate of drug-likeness (QED) is 0.274. The van der Waals surface area contributed by atoms with Gasteiger partial charge in [0.25, 0.3) is 0 Å². The highest BCUT2D eigenvalue weighted by atomic mass is 19.1. The Kier molecular flexibility index (Phi) is 10.4. The number of nitrogens with one attached hydrogen (secondary N) is 3. The van der Waals surface area contributed by atoms with Crippen LogP contribution >= 0.6 is 0 Å². The first-order chi connectivity index (χ1) is 20.1. The molecule has 5 aliphatic rings. The normalized spacial score (nSPS) is 36.2. The Morgan fingerprint density at radius 1 is 0.976 bits per heavy atom. The van der Waals surface area contributed by atoms with Crippen molar-refractivity contribution in [1.29, 1.82) is 0 Å². The van der Waals surface area contributed by atoms with Crippen molar-refractivity contribution in [1.82, 2.24) is 30.7 Å². The van der Waals surface area contributed by atoms with Crippen LogP contribution in [0.1, 0.15) is 58.3 Å². The zero-order valence-electron chi connectivity index (χ0n) is 25.6. The molecule has 7 atom stereocenters. The van der Waals surface area contributed by atoms with E-state index in [0.29, 0.717) is 51.4 Å². The molecule has 5 rings (SSSR count). The van der Waals surface area contributed by atoms with Gasteiger partial charge in [-0.1, -0.05) is 12.8 Å². The number of amides is 2. The van der Waals surface area contributed by atoms with Crippen LogP contribution in [0, 0.1) is 17.3 Å². The van der Waals surface area contributed by atoms with Gasteiger partial charge in [0.2, 0.25) is 11.8 Å². The second-order valence-electron chi connectivity index (χ2n) is 13.9. The van der Waals surface area contributed by atoms with Crippen LogP contribution in [0.4, 0.5) is 8.78 Å². The molecule has 1 saturated carbocycles. The van der Waals surface area contributed by atoms with Gasteiger partial charge in [-0.3, -0.25) is 14.5 Å². The molecule has 0 aromatic carbocycles. The number of carbonyl (C=O) groups excluding carboxylic acids is 2. The molecule has 0 aromatic heterocycles. The van der Waals surface area contributed by atoms with E-state index in [0.717, 1.165) is 45.3 Å². The van der Waals surface area contributed by atoms with E-state index < -0.39 is 36.5 Å². The predicted molar refractivity (Wildman–Crippen MR) is 159 cm³/mol. The lowest BCUT2D eigenvalue weighted by molar-refractivity contribution is -0.140. The minimum atomic E-state index is -1.16. The van der Waals surface area contributed by atoms with Crippen LogP contribution in [0.3, 0.4) is 0 Å². The molecule has 2 amide bonds. The summed E-state index contributed by atoms with van der Waals surface area (Å²) in [5.41, 5.74) is 12.4. The van der Waals surface area contributed by atoms with Crippen molar-refractivity contribution in [3.8, 4) is 0 Å². The third kappa shape index (κ3) is 6.78. The van der Waals surface area contributed by atoms with Gasteiger partial charge < -0.3 is 37.2 Å². The maximum Gasteiger partial charge on any atom is 0.227 e. The molecule has 12 heteroatoms. The summed E-state index contributed by atoms with van der Waals surface area (Å²) in [6.45, 7) is 6.60. The molecule has 0 aromatic rings. The number of alkyl halides is 2. The summed E-state index contributed by atoms with van der Waals surface area (Å²) in [4.78, 5) is 33.7. The SMILES string of the molecule is C[C@@H]1CN(C(=O)C2CCN(C3C(F)CNCC3NC(=O)C(C(N)N)C3NCC(F)CCC34CCCC4)CC2)CCN1C. The zero-order chi connectivity index (χ0) is 30.0. The van der Waals surface area contributed by atoms with E-state index in [2.05, 4.69) is 39.7 Å². The lowest BCUT2D eigenvalue weighted by Crippen LogP contribution is -2.68. The highest BCUT2D eigenvalue weighted by Crippen LogP contribution is 2.48. The lowest BCUT2D eigenvalue weighted by Gasteiger charge is -2.47. The molecule has 4 saturated heterocycles. The molecule has 1 spiro atoms. The first kappa shape index (κ1) is 32.0. The Balaban J connectivity index is 1.24. The fourth-order valence-electron chi connectivity index (χ4n) is 8.59. The summed E-state index contributed by atoms with van der Waals surface area (Å²) >= 11 is 0. The highest BCUT2D eigenvalue weighted by molar-refractivity contribution is 5.81. The van der Waals surface area contributed by atoms with Gasteiger partial charge in [0.05, 0.1) is 24.2 Å². The number of halogens is 2. The van der Waals surface area contributed by atoms with E-state index in [1.54, 1.807) is 0 Å². The lowest BCUT2D eigenvalue weighted by atomic mass is 9.69. The number of piperidine rings is 2. The van der Waals surface area contributed by atoms with Crippen molar-refractivity contribution in [2.24, 2.45) is 28.7 Å². The second kappa shape index (κ2) is 13.7. The Morgan fingerprint density at radius 2 is 1.69 bits per heavy atom. The molecule has 4 aliphatic heterocycles. The topological polar surface area (TPSA) is 132 Å². The van der Waals surface area contributed by atoms with E-state index in [1.807, 2.05) is 4.90 Å². The van der Waals surface area contributed by atoms with Crippen LogP contribution in [0.25, 0.3) is 0 Å². The van der Waals surface area contributed by atoms with E-state index in [9.17, 15) is 14.0 Å². The number of likely N-dealkylation sites (tertiary alicyclic amines) is 1. The first-order valence-corrected chi connectivity index (χ1v) is 16.4. The van der Waals surface area contributed by atoms with Crippen LogP contribution in [-0.4, -0.2) is 129 Å². The fourth-order valence-corrected chi connectivity index (χ4v) is 8.59. The standard InChI is InChI=1S/C30H54F2N8O2/c1-19-18-40(14-13-38(19)2)29(42)20-6-11-39(12-7-20)25-22(32)16-35-17-23(25)37-28(41)24(27(33)34)26-30(8-3-4-9-30)10-5-21(31)15-36-26/h19-27,35-36H,3-18,33-34H2,1-2H3,(H,37,41)/t19-,21?,22?,23?,24?,25?,26?/m1/s1. The van der Waals surface area contributed by atoms with Gasteiger partial charge in [0.1, 0.15) is 12.3 Å². The minimum absolute atomic E-state index is 0.0486. The summed E-state index contributed by atoms with van der Waals surface area (Å²) < 4.78 is 30.1. The summed E-state index contributed by atoms with van der Waals surface area (Å²) in [6, 6.07) is -0.944. The summed E-state index contributed by atoms with van der Waals surface area (Å²) in [6.07, 6.45) is 3.46. The maximum absolute atomic E-state index is 15.6. The van der Waals surface area contributed by atoms with Gasteiger partial charge >= 0.3 is 0 Å². The molecule has 0 bridgehead atoms. The second-order valence-corrected chi connectivity index (χ2v) is 13.9. The number of carbonyl (C=O) groups is 2. The largest absolute Gasteiger partial charge is 0.350 e. The number of rotatable bonds is 6. The predicted octanol–water partition coefficient (Wildman–Crippen LogP) is 0.166. The van der Waals surface area contributed by atoms with Crippen LogP contribution in [0.15, 0.2) is 0 Å². The van der Waals surface area contributed by atoms with Gasteiger partial charge in [-0.2, -0.15) is 0 Å². The molecular formula is C30H54F2N8O2. The molecular weight excluding hydrogens is 542 g/mol. The molecule has 7 N–H and O–H groups in total. The van der Waals surface area contributed by atoms with Crippen LogP contribution in [-0.2, 0) is 9.59 Å². The average Bonchev–Trinajstić information content (AvgIpc) is 3.39. The minimum Gasteiger partial charge on any atom is -0.350 e. The summed E-state index contributed by atoms with van der Waals surface area (Å²) in [7, 11) is 2.09. The van der Waals surface area contributed by atoms with Crippen LogP contribution in [0.2, 0.25) is 0 Å². The van der Waals surface area contributed by atoms with Crippen molar-refractivity contribution in [2.45, 2.75) is 101 Å². The van der Waals surface area contributed by atoms with Gasteiger partial charge in [-0.25, -0.2) is 8.78 Å². The summed E-state index contributed by atoms with van der Waals surface area (Å²) in [5.74, 6) is -0.865. The van der Waals surface area contributed by atoms with E-state index in [-0.39, 0.29) is 42.3 Å². The number of nitrogens with two attached hydrogens (primary N) is 2. The fraction of sp³-hybridized carbons (Fsp3) is 0.933. The molecule has 6 unspecified atom stereocenters. The highest BCUT2D eigenvalue weighted by Gasteiger charge is 2.50. The van der Waals surface area contributed by atoms with Gasteiger partial charge in [-0.05, 0) is 71.0 Å². The van der Waals surface area contributed by atoms with Gasteiger partial charge in [-0.15, -0.1) is 0 Å². The number of piperazine rings is 1. The van der Waals surface area contributed by atoms with Crippen molar-refractivity contribution in [2.75, 3.05) is 59.4 Å². The molecule has 42 heavy (non-hydrogen) atoms. The van der Waals surface area contributed by atoms with E-state index in [4.69, 9.17) is 11.5 Å². The molecule has 10 nitrogen and oxygen atoms in total. The van der Waals surface area contributed by atoms with Gasteiger partial charge in [0.15, 0.2) is 0 Å². The maximum atomic E-state index is 15.6. The molecule has 4 heterocycles.